The number of hydrogen-bond donors (Lipinski definition) is 0. The number of rotatable bonds is 4. The summed E-state index contributed by atoms with van der Waals surface area (Å²) in [4.78, 5) is 60.1. The van der Waals surface area contributed by atoms with E-state index < -0.39 is 35.2 Å². The number of fused-ring (bicyclic) bond motifs is 5. The van der Waals surface area contributed by atoms with Crippen LogP contribution in [0.25, 0.3) is 22.3 Å². The van der Waals surface area contributed by atoms with Crippen molar-refractivity contribution in [2.45, 2.75) is 91.6 Å². The van der Waals surface area contributed by atoms with Crippen molar-refractivity contribution in [3.05, 3.63) is 62.4 Å². The van der Waals surface area contributed by atoms with E-state index >= 15 is 0 Å². The summed E-state index contributed by atoms with van der Waals surface area (Å²) >= 11 is 0. The van der Waals surface area contributed by atoms with Crippen molar-refractivity contribution >= 4 is 28.9 Å². The normalized spacial score (nSPS) is 19.7. The Kier molecular flexibility index (Phi) is 7.29. The zero-order valence-electron chi connectivity index (χ0n) is 26.2. The molecule has 1 saturated heterocycles. The molecule has 0 radical (unpaired) electrons. The van der Waals surface area contributed by atoms with Crippen molar-refractivity contribution in [1.29, 1.82) is 0 Å². The van der Waals surface area contributed by atoms with E-state index in [1.807, 2.05) is 39.8 Å². The van der Waals surface area contributed by atoms with Crippen molar-refractivity contribution in [3.8, 4) is 11.4 Å². The molecule has 5 heterocycles. The third kappa shape index (κ3) is 4.84. The third-order valence-corrected chi connectivity index (χ3v) is 9.04. The SMILES string of the molecule is CCc1c2c(nc3ccc(C)cc13)-c1cc3c(c(=O)n1C2)COC(=O)C3(CC)OC(=O)C1CCN(C(=O)OC(C)(C)C)CC1. The summed E-state index contributed by atoms with van der Waals surface area (Å²) in [5, 5.41) is 1.07. The molecule has 3 aliphatic heterocycles. The number of pyridine rings is 2. The van der Waals surface area contributed by atoms with Gasteiger partial charge in [0.2, 0.25) is 5.60 Å². The highest BCUT2D eigenvalue weighted by Gasteiger charge is 2.51. The third-order valence-electron chi connectivity index (χ3n) is 9.04. The minimum atomic E-state index is -1.76. The molecule has 1 unspecified atom stereocenters. The van der Waals surface area contributed by atoms with Gasteiger partial charge in [0.15, 0.2) is 0 Å². The molecular weight excluding hydrogens is 562 g/mol. The molecule has 0 N–H and O–H groups in total. The van der Waals surface area contributed by atoms with Gasteiger partial charge >= 0.3 is 18.0 Å². The maximum atomic E-state index is 14.0. The Morgan fingerprint density at radius 1 is 1.09 bits per heavy atom. The van der Waals surface area contributed by atoms with Gasteiger partial charge in [-0.3, -0.25) is 9.59 Å². The number of cyclic esters (lactones) is 1. The Morgan fingerprint density at radius 3 is 2.48 bits per heavy atom. The van der Waals surface area contributed by atoms with Crippen LogP contribution in [0.4, 0.5) is 4.79 Å². The van der Waals surface area contributed by atoms with Crippen LogP contribution in [0, 0.1) is 12.8 Å². The van der Waals surface area contributed by atoms with Crippen LogP contribution in [-0.2, 0) is 49.0 Å². The first-order valence-corrected chi connectivity index (χ1v) is 15.4. The quantitative estimate of drug-likeness (QED) is 0.233. The molecule has 1 aromatic carbocycles. The van der Waals surface area contributed by atoms with Gasteiger partial charge in [-0.1, -0.05) is 25.5 Å². The highest BCUT2D eigenvalue weighted by Crippen LogP contribution is 2.43. The second-order valence-corrected chi connectivity index (χ2v) is 13.0. The van der Waals surface area contributed by atoms with Gasteiger partial charge in [-0.25, -0.2) is 14.6 Å². The molecule has 3 aliphatic rings. The lowest BCUT2D eigenvalue weighted by Crippen LogP contribution is -2.49. The number of aryl methyl sites for hydroxylation is 2. The van der Waals surface area contributed by atoms with Crippen LogP contribution >= 0.6 is 0 Å². The number of hydrogen-bond acceptors (Lipinski definition) is 8. The van der Waals surface area contributed by atoms with E-state index in [2.05, 4.69) is 13.0 Å². The lowest BCUT2D eigenvalue weighted by Gasteiger charge is -2.38. The number of nitrogens with zero attached hydrogens (tertiary/aromatic N) is 3. The number of benzene rings is 1. The Morgan fingerprint density at radius 2 is 1.82 bits per heavy atom. The van der Waals surface area contributed by atoms with Crippen LogP contribution < -0.4 is 5.56 Å². The Hall–Kier alpha value is -4.21. The van der Waals surface area contributed by atoms with E-state index in [0.717, 1.165) is 34.0 Å². The zero-order valence-corrected chi connectivity index (χ0v) is 26.2. The summed E-state index contributed by atoms with van der Waals surface area (Å²) in [6.07, 6.45) is 1.20. The van der Waals surface area contributed by atoms with Crippen LogP contribution in [0.1, 0.15) is 81.7 Å². The highest BCUT2D eigenvalue weighted by molar-refractivity contribution is 5.90. The van der Waals surface area contributed by atoms with Crippen molar-refractivity contribution in [2.75, 3.05) is 13.1 Å². The average molecular weight is 602 g/mol. The van der Waals surface area contributed by atoms with Crippen molar-refractivity contribution in [1.82, 2.24) is 14.5 Å². The molecule has 10 heteroatoms. The number of aromatic nitrogens is 2. The van der Waals surface area contributed by atoms with Crippen molar-refractivity contribution in [3.63, 3.8) is 0 Å². The number of piperidine rings is 1. The number of ether oxygens (including phenoxy) is 3. The molecule has 10 nitrogen and oxygen atoms in total. The number of carbonyl (C=O) groups excluding carboxylic acids is 3. The van der Waals surface area contributed by atoms with Crippen LogP contribution in [0.15, 0.2) is 29.1 Å². The van der Waals surface area contributed by atoms with Crippen molar-refractivity contribution in [2.24, 2.45) is 5.92 Å². The van der Waals surface area contributed by atoms with Crippen LogP contribution in [0.3, 0.4) is 0 Å². The summed E-state index contributed by atoms with van der Waals surface area (Å²) in [6, 6.07) is 7.94. The Balaban J connectivity index is 1.35. The van der Waals surface area contributed by atoms with E-state index in [-0.39, 0.29) is 18.6 Å². The van der Waals surface area contributed by atoms with Crippen molar-refractivity contribution < 1.29 is 28.6 Å². The number of esters is 2. The molecule has 0 saturated carbocycles. The van der Waals surface area contributed by atoms with E-state index in [1.165, 1.54) is 0 Å². The molecule has 0 bridgehead atoms. The van der Waals surface area contributed by atoms with Gasteiger partial charge in [0.25, 0.3) is 5.56 Å². The smallest absolute Gasteiger partial charge is 0.410 e. The zero-order chi connectivity index (χ0) is 31.6. The van der Waals surface area contributed by atoms with Gasteiger partial charge in [0.1, 0.15) is 12.2 Å². The topological polar surface area (TPSA) is 117 Å². The second-order valence-electron chi connectivity index (χ2n) is 13.0. The molecule has 1 amide bonds. The first-order chi connectivity index (χ1) is 20.9. The first kappa shape index (κ1) is 29.8. The fraction of sp³-hybridized carbons (Fsp3) is 0.500. The van der Waals surface area contributed by atoms with Gasteiger partial charge in [-0.2, -0.15) is 0 Å². The summed E-state index contributed by atoms with van der Waals surface area (Å²) in [5.74, 6) is -1.75. The molecular formula is C34H39N3O7. The molecule has 1 fully saturated rings. The fourth-order valence-electron chi connectivity index (χ4n) is 6.72. The molecule has 3 aromatic rings. The summed E-state index contributed by atoms with van der Waals surface area (Å²) in [5.41, 5.74) is 3.47. The monoisotopic (exact) mass is 601 g/mol. The van der Waals surface area contributed by atoms with Crippen LogP contribution in [0.2, 0.25) is 0 Å². The van der Waals surface area contributed by atoms with Gasteiger partial charge in [-0.15, -0.1) is 0 Å². The summed E-state index contributed by atoms with van der Waals surface area (Å²) in [6.45, 7) is 12.2. The van der Waals surface area contributed by atoms with Gasteiger partial charge in [0, 0.05) is 29.6 Å². The summed E-state index contributed by atoms with van der Waals surface area (Å²) in [7, 11) is 0. The molecule has 0 aliphatic carbocycles. The van der Waals surface area contributed by atoms with E-state index in [4.69, 9.17) is 19.2 Å². The van der Waals surface area contributed by atoms with E-state index in [1.54, 1.807) is 22.5 Å². The predicted octanol–water partition coefficient (Wildman–Crippen LogP) is 5.15. The maximum Gasteiger partial charge on any atom is 0.410 e. The molecule has 0 spiro atoms. The molecule has 44 heavy (non-hydrogen) atoms. The minimum absolute atomic E-state index is 0.0989. The second kappa shape index (κ2) is 10.7. The standard InChI is InChI=1S/C34H39N3O7/c1-7-21-22-15-19(3)9-10-26(22)35-28-23(21)17-37-27(28)16-25-24(29(37)38)18-42-31(40)34(25,8-2)43-30(39)20-11-13-36(14-12-20)32(41)44-33(4,5)6/h9-10,15-16,20H,7-8,11-14,17-18H2,1-6H3. The molecule has 232 valence electrons. The highest BCUT2D eigenvalue weighted by atomic mass is 16.6. The largest absolute Gasteiger partial charge is 0.457 e. The number of amides is 1. The van der Waals surface area contributed by atoms with E-state index in [0.29, 0.717) is 55.0 Å². The maximum absolute atomic E-state index is 14.0. The lowest BCUT2D eigenvalue weighted by atomic mass is 9.85. The lowest BCUT2D eigenvalue weighted by molar-refractivity contribution is -0.192. The Bertz CT molecular complexity index is 1760. The van der Waals surface area contributed by atoms with Crippen LogP contribution in [0.5, 0.6) is 0 Å². The van der Waals surface area contributed by atoms with Gasteiger partial charge in [0.05, 0.1) is 34.9 Å². The van der Waals surface area contributed by atoms with Gasteiger partial charge < -0.3 is 23.7 Å². The average Bonchev–Trinajstić information content (AvgIpc) is 3.35. The molecule has 6 rings (SSSR count). The molecule has 1 atom stereocenters. The minimum Gasteiger partial charge on any atom is -0.457 e. The fourth-order valence-corrected chi connectivity index (χ4v) is 6.72. The number of likely N-dealkylation sites (tertiary alicyclic amines) is 1. The number of carbonyl (C=O) groups is 3. The first-order valence-electron chi connectivity index (χ1n) is 15.4. The Labute approximate surface area is 256 Å². The molecule has 2 aromatic heterocycles. The van der Waals surface area contributed by atoms with Crippen LogP contribution in [-0.4, -0.2) is 51.2 Å². The van der Waals surface area contributed by atoms with E-state index in [9.17, 15) is 19.2 Å². The predicted molar refractivity (Wildman–Crippen MR) is 163 cm³/mol. The van der Waals surface area contributed by atoms with Gasteiger partial charge in [-0.05, 0) is 77.1 Å². The summed E-state index contributed by atoms with van der Waals surface area (Å²) < 4.78 is 18.8.